The fraction of sp³-hybridized carbons (Fsp3) is 0.0526. The Hall–Kier alpha value is -3.40. The number of benzene rings is 2. The zero-order valence-electron chi connectivity index (χ0n) is 14.4. The van der Waals surface area contributed by atoms with Crippen molar-refractivity contribution in [1.82, 2.24) is 9.55 Å². The van der Waals surface area contributed by atoms with Crippen molar-refractivity contribution in [3.8, 4) is 23.6 Å². The van der Waals surface area contributed by atoms with Gasteiger partial charge in [-0.15, -0.1) is 0 Å². The third kappa shape index (κ3) is 4.37. The number of aromatic amines is 1. The Morgan fingerprint density at radius 1 is 1.21 bits per heavy atom. The molecule has 10 heteroatoms. The van der Waals surface area contributed by atoms with Gasteiger partial charge in [0, 0.05) is 16.8 Å². The molecule has 0 radical (unpaired) electrons. The summed E-state index contributed by atoms with van der Waals surface area (Å²) in [6.45, 7) is -0.251. The van der Waals surface area contributed by atoms with Crippen molar-refractivity contribution in [2.75, 3.05) is 0 Å². The summed E-state index contributed by atoms with van der Waals surface area (Å²) >= 11 is 9.14. The third-order valence-corrected chi connectivity index (χ3v) is 4.66. The lowest BCUT2D eigenvalue weighted by Crippen LogP contribution is -2.31. The zero-order valence-corrected chi connectivity index (χ0v) is 16.7. The van der Waals surface area contributed by atoms with Crippen LogP contribution in [0.25, 0.3) is 0 Å². The number of H-pyrrole nitrogens is 1. The first kappa shape index (κ1) is 20.3. The average molecular weight is 476 g/mol. The minimum atomic E-state index is -0.816. The van der Waals surface area contributed by atoms with E-state index in [9.17, 15) is 9.59 Å². The van der Waals surface area contributed by atoms with Crippen molar-refractivity contribution in [3.05, 3.63) is 89.4 Å². The van der Waals surface area contributed by atoms with Crippen molar-refractivity contribution in [2.45, 2.75) is 6.54 Å². The van der Waals surface area contributed by atoms with E-state index in [1.807, 2.05) is 11.1 Å². The topological polar surface area (TPSA) is 112 Å². The molecule has 0 bridgehead atoms. The molecule has 0 saturated heterocycles. The maximum Gasteiger partial charge on any atom is 0.328 e. The van der Waals surface area contributed by atoms with Gasteiger partial charge in [0.1, 0.15) is 17.4 Å². The van der Waals surface area contributed by atoms with Crippen LogP contribution in [0.15, 0.2) is 50.6 Å². The van der Waals surface area contributed by atoms with E-state index in [0.717, 1.165) is 10.8 Å². The van der Waals surface area contributed by atoms with Crippen LogP contribution in [0.1, 0.15) is 16.7 Å². The van der Waals surface area contributed by atoms with Crippen molar-refractivity contribution in [3.63, 3.8) is 0 Å². The number of nitrogens with zero attached hydrogens (tertiary/aromatic N) is 3. The lowest BCUT2D eigenvalue weighted by molar-refractivity contribution is 0.434. The molecule has 0 atom stereocenters. The quantitative estimate of drug-likeness (QED) is 0.619. The average Bonchev–Trinajstić information content (AvgIpc) is 2.68. The first-order valence-electron chi connectivity index (χ1n) is 7.91. The molecule has 3 rings (SSSR count). The van der Waals surface area contributed by atoms with Crippen LogP contribution >= 0.6 is 27.5 Å². The van der Waals surface area contributed by atoms with E-state index in [-0.39, 0.29) is 39.8 Å². The van der Waals surface area contributed by atoms with E-state index in [2.05, 4.69) is 15.9 Å². The van der Waals surface area contributed by atoms with Crippen LogP contribution in [0.2, 0.25) is 5.02 Å². The van der Waals surface area contributed by atoms with Gasteiger partial charge in [0.2, 0.25) is 0 Å². The van der Waals surface area contributed by atoms with E-state index in [1.54, 1.807) is 6.07 Å². The highest BCUT2D eigenvalue weighted by Gasteiger charge is 2.17. The van der Waals surface area contributed by atoms with Gasteiger partial charge in [-0.2, -0.15) is 10.5 Å². The Morgan fingerprint density at radius 2 is 1.97 bits per heavy atom. The number of nitrogens with one attached hydrogen (secondary N) is 1. The normalized spacial score (nSPS) is 10.2. The van der Waals surface area contributed by atoms with Gasteiger partial charge in [0.05, 0.1) is 22.7 Å². The van der Waals surface area contributed by atoms with Crippen LogP contribution in [0.4, 0.5) is 4.39 Å². The predicted octanol–water partition coefficient (Wildman–Crippen LogP) is 3.68. The summed E-state index contributed by atoms with van der Waals surface area (Å²) in [6.07, 6.45) is 1.05. The Bertz CT molecular complexity index is 1320. The number of ether oxygens (including phenoxy) is 1. The molecule has 0 amide bonds. The standard InChI is InChI=1S/C19H9BrClFN4O3/c20-15-2-1-11(8-26-9-12(7-24)18(27)25-19(26)28)16(22)17(15)29-14-4-10(6-23)3-13(21)5-14/h1-5,9H,8H2,(H,25,27,28). The molecule has 1 aromatic heterocycles. The van der Waals surface area contributed by atoms with Crippen molar-refractivity contribution >= 4 is 27.5 Å². The largest absolute Gasteiger partial charge is 0.453 e. The highest BCUT2D eigenvalue weighted by atomic mass is 79.9. The summed E-state index contributed by atoms with van der Waals surface area (Å²) in [5.74, 6) is -0.792. The molecule has 0 aliphatic rings. The van der Waals surface area contributed by atoms with E-state index in [1.165, 1.54) is 30.3 Å². The third-order valence-electron chi connectivity index (χ3n) is 3.82. The monoisotopic (exact) mass is 474 g/mol. The minimum absolute atomic E-state index is 0.0729. The number of rotatable bonds is 4. The van der Waals surface area contributed by atoms with Crippen molar-refractivity contribution < 1.29 is 9.13 Å². The zero-order chi connectivity index (χ0) is 21.1. The number of aromatic nitrogens is 2. The van der Waals surface area contributed by atoms with Crippen LogP contribution in [0, 0.1) is 28.5 Å². The lowest BCUT2D eigenvalue weighted by Gasteiger charge is -2.13. The van der Waals surface area contributed by atoms with E-state index in [4.69, 9.17) is 26.9 Å². The molecule has 0 aliphatic carbocycles. The fourth-order valence-corrected chi connectivity index (χ4v) is 3.10. The smallest absolute Gasteiger partial charge is 0.328 e. The van der Waals surface area contributed by atoms with Crippen molar-refractivity contribution in [1.29, 1.82) is 10.5 Å². The first-order chi connectivity index (χ1) is 13.8. The molecule has 0 saturated carbocycles. The highest BCUT2D eigenvalue weighted by Crippen LogP contribution is 2.35. The molecule has 1 N–H and O–H groups in total. The van der Waals surface area contributed by atoms with Crippen LogP contribution in [0.5, 0.6) is 11.5 Å². The molecule has 0 aliphatic heterocycles. The van der Waals surface area contributed by atoms with Gasteiger partial charge >= 0.3 is 5.69 Å². The molecular weight excluding hydrogens is 467 g/mol. The van der Waals surface area contributed by atoms with Gasteiger partial charge < -0.3 is 4.74 Å². The second-order valence-corrected chi connectivity index (χ2v) is 7.07. The summed E-state index contributed by atoms with van der Waals surface area (Å²) < 4.78 is 22.0. The summed E-state index contributed by atoms with van der Waals surface area (Å²) in [5, 5.41) is 18.2. The van der Waals surface area contributed by atoms with Gasteiger partial charge in [-0.25, -0.2) is 9.18 Å². The Kier molecular flexibility index (Phi) is 5.83. The molecular formula is C19H9BrClFN4O3. The van der Waals surface area contributed by atoms with E-state index < -0.39 is 17.1 Å². The SMILES string of the molecule is N#Cc1cc(Cl)cc(Oc2c(Br)ccc(Cn3cc(C#N)c(=O)[nH]c3=O)c2F)c1. The predicted molar refractivity (Wildman–Crippen MR) is 105 cm³/mol. The Balaban J connectivity index is 2.02. The Morgan fingerprint density at radius 3 is 2.66 bits per heavy atom. The van der Waals surface area contributed by atoms with Crippen LogP contribution in [-0.4, -0.2) is 9.55 Å². The minimum Gasteiger partial charge on any atom is -0.453 e. The molecule has 144 valence electrons. The first-order valence-corrected chi connectivity index (χ1v) is 9.08. The summed E-state index contributed by atoms with van der Waals surface area (Å²) in [5.41, 5.74) is -1.56. The Labute approximate surface area is 176 Å². The molecule has 0 spiro atoms. The summed E-state index contributed by atoms with van der Waals surface area (Å²) in [4.78, 5) is 25.5. The van der Waals surface area contributed by atoms with Crippen LogP contribution in [0.3, 0.4) is 0 Å². The van der Waals surface area contributed by atoms with Gasteiger partial charge in [-0.3, -0.25) is 14.3 Å². The fourth-order valence-electron chi connectivity index (χ4n) is 2.48. The molecule has 0 fully saturated rings. The van der Waals surface area contributed by atoms with Gasteiger partial charge in [0.25, 0.3) is 5.56 Å². The van der Waals surface area contributed by atoms with Gasteiger partial charge in [0.15, 0.2) is 11.6 Å². The van der Waals surface area contributed by atoms with E-state index in [0.29, 0.717) is 4.47 Å². The number of halogens is 3. The number of nitriles is 2. The lowest BCUT2D eigenvalue weighted by atomic mass is 10.2. The maximum atomic E-state index is 15.1. The molecule has 29 heavy (non-hydrogen) atoms. The van der Waals surface area contributed by atoms with Gasteiger partial charge in [-0.1, -0.05) is 17.7 Å². The number of hydrogen-bond donors (Lipinski definition) is 1. The van der Waals surface area contributed by atoms with Gasteiger partial charge in [-0.05, 0) is 40.2 Å². The van der Waals surface area contributed by atoms with Crippen LogP contribution in [-0.2, 0) is 6.54 Å². The maximum absolute atomic E-state index is 15.1. The molecule has 1 heterocycles. The van der Waals surface area contributed by atoms with E-state index >= 15 is 4.39 Å². The summed E-state index contributed by atoms with van der Waals surface area (Å²) in [6, 6.07) is 10.8. The molecule has 0 unspecified atom stereocenters. The van der Waals surface area contributed by atoms with Crippen molar-refractivity contribution in [2.24, 2.45) is 0 Å². The highest BCUT2D eigenvalue weighted by molar-refractivity contribution is 9.10. The molecule has 3 aromatic rings. The molecule has 7 nitrogen and oxygen atoms in total. The van der Waals surface area contributed by atoms with Crippen LogP contribution < -0.4 is 16.0 Å². The molecule has 2 aromatic carbocycles. The second-order valence-electron chi connectivity index (χ2n) is 5.78. The number of hydrogen-bond acceptors (Lipinski definition) is 5. The second kappa shape index (κ2) is 8.31. The summed E-state index contributed by atoms with van der Waals surface area (Å²) in [7, 11) is 0.